The Morgan fingerprint density at radius 3 is 2.50 bits per heavy atom. The third kappa shape index (κ3) is 7.29. The third-order valence-electron chi connectivity index (χ3n) is 3.09. The SMILES string of the molecule is C=C/C=C\C(=C/C=C)CCC(=O)NCCc1ccc(O)cc1. The van der Waals surface area contributed by atoms with E-state index in [9.17, 15) is 9.90 Å². The second-order valence-electron chi connectivity index (χ2n) is 4.84. The van der Waals surface area contributed by atoms with Crippen LogP contribution in [0.2, 0.25) is 0 Å². The van der Waals surface area contributed by atoms with Crippen molar-refractivity contribution in [1.29, 1.82) is 0 Å². The molecule has 22 heavy (non-hydrogen) atoms. The number of amides is 1. The molecule has 1 aromatic rings. The van der Waals surface area contributed by atoms with E-state index in [1.165, 1.54) is 0 Å². The Bertz CT molecular complexity index is 553. The Morgan fingerprint density at radius 2 is 1.86 bits per heavy atom. The predicted molar refractivity (Wildman–Crippen MR) is 91.7 cm³/mol. The van der Waals surface area contributed by atoms with Gasteiger partial charge in [0.15, 0.2) is 0 Å². The second kappa shape index (κ2) is 10.2. The lowest BCUT2D eigenvalue weighted by atomic mass is 10.1. The van der Waals surface area contributed by atoms with Crippen molar-refractivity contribution in [2.24, 2.45) is 0 Å². The van der Waals surface area contributed by atoms with E-state index in [1.54, 1.807) is 24.3 Å². The maximum Gasteiger partial charge on any atom is 0.220 e. The molecule has 116 valence electrons. The van der Waals surface area contributed by atoms with Crippen LogP contribution in [0, 0.1) is 0 Å². The molecule has 0 heterocycles. The van der Waals surface area contributed by atoms with Crippen LogP contribution in [-0.2, 0) is 11.2 Å². The molecule has 1 amide bonds. The fraction of sp³-hybridized carbons (Fsp3) is 0.211. The molecule has 0 spiro atoms. The molecule has 2 N–H and O–H groups in total. The highest BCUT2D eigenvalue weighted by atomic mass is 16.3. The number of phenols is 1. The molecule has 0 radical (unpaired) electrons. The number of phenolic OH excluding ortho intramolecular Hbond substituents is 1. The van der Waals surface area contributed by atoms with Crippen LogP contribution in [-0.4, -0.2) is 17.6 Å². The summed E-state index contributed by atoms with van der Waals surface area (Å²) in [7, 11) is 0. The number of hydrogen-bond acceptors (Lipinski definition) is 2. The first kappa shape index (κ1) is 17.5. The van der Waals surface area contributed by atoms with Crippen LogP contribution in [0.5, 0.6) is 5.75 Å². The zero-order valence-electron chi connectivity index (χ0n) is 12.8. The van der Waals surface area contributed by atoms with E-state index < -0.39 is 0 Å². The van der Waals surface area contributed by atoms with E-state index in [0.29, 0.717) is 19.4 Å². The third-order valence-corrected chi connectivity index (χ3v) is 3.09. The number of rotatable bonds is 9. The molecule has 0 bridgehead atoms. The van der Waals surface area contributed by atoms with Gasteiger partial charge in [-0.15, -0.1) is 0 Å². The lowest BCUT2D eigenvalue weighted by Crippen LogP contribution is -2.25. The van der Waals surface area contributed by atoms with Gasteiger partial charge in [0, 0.05) is 13.0 Å². The average Bonchev–Trinajstić information content (AvgIpc) is 2.52. The van der Waals surface area contributed by atoms with Crippen molar-refractivity contribution in [3.8, 4) is 5.75 Å². The standard InChI is InChI=1S/C19H23NO2/c1-3-5-7-16(6-4-2)10-13-19(22)20-15-14-17-8-11-18(21)12-9-17/h3-9,11-12,21H,1-2,10,13-15H2,(H,20,22)/b7-5-,16-6+. The smallest absolute Gasteiger partial charge is 0.220 e. The molecule has 0 unspecified atom stereocenters. The van der Waals surface area contributed by atoms with Crippen LogP contribution < -0.4 is 5.32 Å². The predicted octanol–water partition coefficient (Wildman–Crippen LogP) is 3.69. The van der Waals surface area contributed by atoms with Gasteiger partial charge < -0.3 is 10.4 Å². The van der Waals surface area contributed by atoms with Gasteiger partial charge in [0.25, 0.3) is 0 Å². The minimum Gasteiger partial charge on any atom is -0.508 e. The van der Waals surface area contributed by atoms with Crippen LogP contribution in [0.4, 0.5) is 0 Å². The molecule has 0 aliphatic carbocycles. The Kier molecular flexibility index (Phi) is 8.13. The molecule has 3 heteroatoms. The first-order chi connectivity index (χ1) is 10.7. The quantitative estimate of drug-likeness (QED) is 0.683. The zero-order chi connectivity index (χ0) is 16.2. The van der Waals surface area contributed by atoms with Gasteiger partial charge in [0.1, 0.15) is 5.75 Å². The molecule has 1 rings (SSSR count). The highest BCUT2D eigenvalue weighted by Gasteiger charge is 2.02. The molecule has 3 nitrogen and oxygen atoms in total. The minimum atomic E-state index is 0.0285. The van der Waals surface area contributed by atoms with Gasteiger partial charge in [-0.05, 0) is 36.1 Å². The highest BCUT2D eigenvalue weighted by molar-refractivity contribution is 5.76. The first-order valence-corrected chi connectivity index (χ1v) is 7.31. The van der Waals surface area contributed by atoms with Crippen molar-refractivity contribution >= 4 is 5.91 Å². The summed E-state index contributed by atoms with van der Waals surface area (Å²) in [6.45, 7) is 7.89. The van der Waals surface area contributed by atoms with Crippen molar-refractivity contribution < 1.29 is 9.90 Å². The van der Waals surface area contributed by atoms with Gasteiger partial charge in [-0.1, -0.05) is 55.7 Å². The largest absolute Gasteiger partial charge is 0.508 e. The number of hydrogen-bond donors (Lipinski definition) is 2. The monoisotopic (exact) mass is 297 g/mol. The Balaban J connectivity index is 2.32. The van der Waals surface area contributed by atoms with Gasteiger partial charge >= 0.3 is 0 Å². The number of aromatic hydroxyl groups is 1. The molecule has 0 saturated carbocycles. The molecule has 0 aliphatic heterocycles. The fourth-order valence-corrected chi connectivity index (χ4v) is 1.92. The summed E-state index contributed by atoms with van der Waals surface area (Å²) >= 11 is 0. The molecular weight excluding hydrogens is 274 g/mol. The van der Waals surface area contributed by atoms with Crippen LogP contribution in [0.25, 0.3) is 0 Å². The summed E-state index contributed by atoms with van der Waals surface area (Å²) in [6.07, 6.45) is 10.9. The van der Waals surface area contributed by atoms with E-state index in [1.807, 2.05) is 30.4 Å². The molecule has 0 aromatic heterocycles. The van der Waals surface area contributed by atoms with Crippen LogP contribution in [0.15, 0.2) is 73.4 Å². The lowest BCUT2D eigenvalue weighted by molar-refractivity contribution is -0.121. The molecule has 1 aromatic carbocycles. The minimum absolute atomic E-state index is 0.0285. The molecular formula is C19H23NO2. The molecule has 0 atom stereocenters. The number of carbonyl (C=O) groups is 1. The summed E-state index contributed by atoms with van der Waals surface area (Å²) in [5.74, 6) is 0.280. The summed E-state index contributed by atoms with van der Waals surface area (Å²) in [6, 6.07) is 7.00. The van der Waals surface area contributed by atoms with Gasteiger partial charge in [0.05, 0.1) is 0 Å². The summed E-state index contributed by atoms with van der Waals surface area (Å²) in [5.41, 5.74) is 2.13. The average molecular weight is 297 g/mol. The Labute approximate surface area is 132 Å². The summed E-state index contributed by atoms with van der Waals surface area (Å²) in [4.78, 5) is 11.8. The van der Waals surface area contributed by atoms with E-state index >= 15 is 0 Å². The Morgan fingerprint density at radius 1 is 1.14 bits per heavy atom. The lowest BCUT2D eigenvalue weighted by Gasteiger charge is -2.06. The molecule has 0 fully saturated rings. The second-order valence-corrected chi connectivity index (χ2v) is 4.84. The maximum atomic E-state index is 11.8. The first-order valence-electron chi connectivity index (χ1n) is 7.31. The zero-order valence-corrected chi connectivity index (χ0v) is 12.8. The number of carbonyl (C=O) groups excluding carboxylic acids is 1. The highest BCUT2D eigenvalue weighted by Crippen LogP contribution is 2.10. The van der Waals surface area contributed by atoms with E-state index in [2.05, 4.69) is 18.5 Å². The van der Waals surface area contributed by atoms with Crippen LogP contribution in [0.3, 0.4) is 0 Å². The van der Waals surface area contributed by atoms with Crippen molar-refractivity contribution in [2.75, 3.05) is 6.54 Å². The normalized spacial score (nSPS) is 11.4. The maximum absolute atomic E-state index is 11.8. The van der Waals surface area contributed by atoms with Gasteiger partial charge in [-0.3, -0.25) is 4.79 Å². The van der Waals surface area contributed by atoms with Gasteiger partial charge in [0.2, 0.25) is 5.91 Å². The van der Waals surface area contributed by atoms with Crippen molar-refractivity contribution in [3.63, 3.8) is 0 Å². The number of benzene rings is 1. The topological polar surface area (TPSA) is 49.3 Å². The summed E-state index contributed by atoms with van der Waals surface area (Å²) in [5, 5.41) is 12.1. The van der Waals surface area contributed by atoms with E-state index in [0.717, 1.165) is 17.6 Å². The van der Waals surface area contributed by atoms with Crippen molar-refractivity contribution in [2.45, 2.75) is 19.3 Å². The van der Waals surface area contributed by atoms with Crippen LogP contribution >= 0.6 is 0 Å². The van der Waals surface area contributed by atoms with E-state index in [-0.39, 0.29) is 11.7 Å². The summed E-state index contributed by atoms with van der Waals surface area (Å²) < 4.78 is 0. The number of allylic oxidation sites excluding steroid dienone is 6. The number of nitrogens with one attached hydrogen (secondary N) is 1. The Hall–Kier alpha value is -2.55. The van der Waals surface area contributed by atoms with Crippen LogP contribution in [0.1, 0.15) is 18.4 Å². The molecule has 0 aliphatic rings. The van der Waals surface area contributed by atoms with Gasteiger partial charge in [-0.2, -0.15) is 0 Å². The van der Waals surface area contributed by atoms with E-state index in [4.69, 9.17) is 0 Å². The fourth-order valence-electron chi connectivity index (χ4n) is 1.92. The molecule has 0 saturated heterocycles. The van der Waals surface area contributed by atoms with Crippen molar-refractivity contribution in [1.82, 2.24) is 5.32 Å². The van der Waals surface area contributed by atoms with Crippen molar-refractivity contribution in [3.05, 3.63) is 78.9 Å². The van der Waals surface area contributed by atoms with Gasteiger partial charge in [-0.25, -0.2) is 0 Å².